The molecule has 110 valence electrons. The lowest BCUT2D eigenvalue weighted by Gasteiger charge is -2.28. The Morgan fingerprint density at radius 1 is 1.55 bits per heavy atom. The second kappa shape index (κ2) is 5.00. The fourth-order valence-electron chi connectivity index (χ4n) is 2.65. The number of nitrogen functional groups attached to an aromatic ring is 1. The summed E-state index contributed by atoms with van der Waals surface area (Å²) < 4.78 is 18.3. The lowest BCUT2D eigenvalue weighted by Crippen LogP contribution is -2.43. The highest BCUT2D eigenvalue weighted by atomic mass is 35.5. The standard InChI is InChI=1S/C12H16ClN3O4/c1-12(13)9-7(6-18-4-5-19-9)20-10(12)16-3-2-8(14)15-11(16)17/h2-3,7,9-10H,4-6H2,1H3,(H2,14,15,17). The van der Waals surface area contributed by atoms with Gasteiger partial charge in [-0.25, -0.2) is 4.79 Å². The molecule has 8 heteroatoms. The fraction of sp³-hybridized carbons (Fsp3) is 0.667. The lowest BCUT2D eigenvalue weighted by atomic mass is 10.0. The van der Waals surface area contributed by atoms with Crippen molar-refractivity contribution in [2.75, 3.05) is 25.6 Å². The number of halogens is 1. The van der Waals surface area contributed by atoms with Crippen molar-refractivity contribution >= 4 is 17.4 Å². The zero-order chi connectivity index (χ0) is 14.3. The summed E-state index contributed by atoms with van der Waals surface area (Å²) in [6, 6.07) is 1.53. The van der Waals surface area contributed by atoms with E-state index in [1.807, 2.05) is 0 Å². The molecule has 0 aromatic carbocycles. The van der Waals surface area contributed by atoms with Gasteiger partial charge in [0.15, 0.2) is 6.23 Å². The van der Waals surface area contributed by atoms with E-state index in [0.717, 1.165) is 0 Å². The lowest BCUT2D eigenvalue weighted by molar-refractivity contribution is -0.0479. The van der Waals surface area contributed by atoms with E-state index >= 15 is 0 Å². The minimum atomic E-state index is -0.889. The Morgan fingerprint density at radius 2 is 2.35 bits per heavy atom. The summed E-state index contributed by atoms with van der Waals surface area (Å²) in [4.78, 5) is 14.8. The van der Waals surface area contributed by atoms with Crippen LogP contribution in [-0.4, -0.2) is 46.5 Å². The average molecular weight is 302 g/mol. The predicted molar refractivity (Wildman–Crippen MR) is 71.6 cm³/mol. The molecule has 3 heterocycles. The molecule has 0 saturated carbocycles. The van der Waals surface area contributed by atoms with Crippen LogP contribution < -0.4 is 11.4 Å². The van der Waals surface area contributed by atoms with Crippen LogP contribution in [0, 0.1) is 0 Å². The van der Waals surface area contributed by atoms with Crippen molar-refractivity contribution < 1.29 is 14.2 Å². The van der Waals surface area contributed by atoms with E-state index < -0.39 is 16.8 Å². The molecule has 4 unspecified atom stereocenters. The molecule has 1 aromatic heterocycles. The van der Waals surface area contributed by atoms with E-state index in [2.05, 4.69) is 4.98 Å². The van der Waals surface area contributed by atoms with Gasteiger partial charge in [0.2, 0.25) is 0 Å². The molecule has 2 saturated heterocycles. The van der Waals surface area contributed by atoms with Crippen LogP contribution in [0.2, 0.25) is 0 Å². The Hall–Kier alpha value is -1.15. The van der Waals surface area contributed by atoms with Crippen LogP contribution in [0.1, 0.15) is 13.2 Å². The molecule has 7 nitrogen and oxygen atoms in total. The number of ether oxygens (including phenoxy) is 3. The summed E-state index contributed by atoms with van der Waals surface area (Å²) in [5, 5.41) is 0. The minimum absolute atomic E-state index is 0.161. The number of hydrogen-bond donors (Lipinski definition) is 1. The van der Waals surface area contributed by atoms with Crippen molar-refractivity contribution in [3.63, 3.8) is 0 Å². The van der Waals surface area contributed by atoms with Gasteiger partial charge in [0.25, 0.3) is 0 Å². The third kappa shape index (κ3) is 2.20. The van der Waals surface area contributed by atoms with E-state index in [-0.39, 0.29) is 18.0 Å². The van der Waals surface area contributed by atoms with Crippen molar-refractivity contribution in [1.29, 1.82) is 0 Å². The molecular formula is C12H16ClN3O4. The summed E-state index contributed by atoms with van der Waals surface area (Å²) >= 11 is 6.60. The van der Waals surface area contributed by atoms with Crippen molar-refractivity contribution in [2.45, 2.75) is 30.2 Å². The molecule has 2 N–H and O–H groups in total. The zero-order valence-corrected chi connectivity index (χ0v) is 11.7. The van der Waals surface area contributed by atoms with E-state index in [1.165, 1.54) is 16.8 Å². The smallest absolute Gasteiger partial charge is 0.351 e. The topological polar surface area (TPSA) is 88.6 Å². The third-order valence-corrected chi connectivity index (χ3v) is 3.99. The van der Waals surface area contributed by atoms with Crippen molar-refractivity contribution in [3.8, 4) is 0 Å². The van der Waals surface area contributed by atoms with Gasteiger partial charge in [-0.3, -0.25) is 4.57 Å². The highest BCUT2D eigenvalue weighted by molar-refractivity contribution is 6.24. The number of nitrogens with two attached hydrogens (primary N) is 1. The van der Waals surface area contributed by atoms with E-state index in [9.17, 15) is 4.79 Å². The van der Waals surface area contributed by atoms with Gasteiger partial charge in [-0.05, 0) is 13.0 Å². The number of alkyl halides is 1. The molecule has 20 heavy (non-hydrogen) atoms. The summed E-state index contributed by atoms with van der Waals surface area (Å²) in [6.07, 6.45) is 0.194. The molecule has 0 aliphatic carbocycles. The SMILES string of the molecule is CC1(Cl)C2OCCOCC2OC1n1ccc(N)nc1=O. The van der Waals surface area contributed by atoms with Crippen LogP contribution in [-0.2, 0) is 14.2 Å². The first-order chi connectivity index (χ1) is 9.50. The second-order valence-electron chi connectivity index (χ2n) is 5.09. The van der Waals surface area contributed by atoms with Crippen LogP contribution in [0.25, 0.3) is 0 Å². The molecule has 0 radical (unpaired) electrons. The maximum absolute atomic E-state index is 11.9. The number of nitrogens with zero attached hydrogens (tertiary/aromatic N) is 2. The van der Waals surface area contributed by atoms with Gasteiger partial charge in [0.1, 0.15) is 22.9 Å². The Kier molecular flexibility index (Phi) is 3.45. The van der Waals surface area contributed by atoms with Crippen LogP contribution in [0.3, 0.4) is 0 Å². The van der Waals surface area contributed by atoms with Crippen LogP contribution in [0.5, 0.6) is 0 Å². The highest BCUT2D eigenvalue weighted by Gasteiger charge is 2.55. The van der Waals surface area contributed by atoms with Crippen LogP contribution >= 0.6 is 11.6 Å². The predicted octanol–water partition coefficient (Wildman–Crippen LogP) is 0.136. The largest absolute Gasteiger partial charge is 0.383 e. The summed E-state index contributed by atoms with van der Waals surface area (Å²) in [7, 11) is 0. The van der Waals surface area contributed by atoms with E-state index in [0.29, 0.717) is 19.8 Å². The van der Waals surface area contributed by atoms with Gasteiger partial charge in [0, 0.05) is 6.20 Å². The number of aromatic nitrogens is 2. The minimum Gasteiger partial charge on any atom is -0.383 e. The summed E-state index contributed by atoms with van der Waals surface area (Å²) in [5.41, 5.74) is 4.99. The molecule has 4 atom stereocenters. The van der Waals surface area contributed by atoms with Crippen LogP contribution in [0.15, 0.2) is 17.1 Å². The van der Waals surface area contributed by atoms with E-state index in [1.54, 1.807) is 6.92 Å². The molecule has 0 spiro atoms. The molecule has 2 aliphatic heterocycles. The van der Waals surface area contributed by atoms with Crippen molar-refractivity contribution in [1.82, 2.24) is 9.55 Å². The number of rotatable bonds is 1. The normalized spacial score (nSPS) is 37.4. The molecule has 2 aliphatic rings. The maximum atomic E-state index is 11.9. The maximum Gasteiger partial charge on any atom is 0.351 e. The van der Waals surface area contributed by atoms with Gasteiger partial charge in [-0.1, -0.05) is 0 Å². The van der Waals surface area contributed by atoms with Gasteiger partial charge in [0.05, 0.1) is 19.8 Å². The first-order valence-corrected chi connectivity index (χ1v) is 6.76. The average Bonchev–Trinajstić information content (AvgIpc) is 2.56. The summed E-state index contributed by atoms with van der Waals surface area (Å²) in [6.45, 7) is 3.14. The molecular weight excluding hydrogens is 286 g/mol. The Morgan fingerprint density at radius 3 is 3.10 bits per heavy atom. The first kappa shape index (κ1) is 13.8. The molecule has 0 amide bonds. The highest BCUT2D eigenvalue weighted by Crippen LogP contribution is 2.44. The second-order valence-corrected chi connectivity index (χ2v) is 5.90. The van der Waals surface area contributed by atoms with Gasteiger partial charge < -0.3 is 19.9 Å². The Bertz CT molecular complexity index is 562. The monoisotopic (exact) mass is 301 g/mol. The van der Waals surface area contributed by atoms with Crippen LogP contribution in [0.4, 0.5) is 5.82 Å². The third-order valence-electron chi connectivity index (χ3n) is 3.59. The number of hydrogen-bond acceptors (Lipinski definition) is 6. The number of anilines is 1. The van der Waals surface area contributed by atoms with Gasteiger partial charge >= 0.3 is 5.69 Å². The first-order valence-electron chi connectivity index (χ1n) is 6.38. The van der Waals surface area contributed by atoms with E-state index in [4.69, 9.17) is 31.5 Å². The van der Waals surface area contributed by atoms with Gasteiger partial charge in [-0.15, -0.1) is 11.6 Å². The molecule has 2 fully saturated rings. The fourth-order valence-corrected chi connectivity index (χ4v) is 3.01. The Labute approximate surface area is 120 Å². The van der Waals surface area contributed by atoms with Gasteiger partial charge in [-0.2, -0.15) is 4.98 Å². The summed E-state index contributed by atoms with van der Waals surface area (Å²) in [5.74, 6) is 0.161. The molecule has 0 bridgehead atoms. The molecule has 1 aromatic rings. The number of fused-ring (bicyclic) bond motifs is 1. The van der Waals surface area contributed by atoms with Crippen molar-refractivity contribution in [3.05, 3.63) is 22.7 Å². The zero-order valence-electron chi connectivity index (χ0n) is 11.0. The van der Waals surface area contributed by atoms with Crippen molar-refractivity contribution in [2.24, 2.45) is 0 Å². The quantitative estimate of drug-likeness (QED) is 0.742. The Balaban J connectivity index is 1.96. The molecule has 3 rings (SSSR count).